The number of likely N-dealkylation sites (tertiary alicyclic amines) is 1. The summed E-state index contributed by atoms with van der Waals surface area (Å²) >= 11 is 0. The van der Waals surface area contributed by atoms with Gasteiger partial charge in [-0.15, -0.1) is 0 Å². The maximum Gasteiger partial charge on any atom is 0.302 e. The Morgan fingerprint density at radius 3 is 2.38 bits per heavy atom. The predicted molar refractivity (Wildman–Crippen MR) is 172 cm³/mol. The van der Waals surface area contributed by atoms with Crippen LogP contribution >= 0.6 is 0 Å². The molecular formula is C34H35N5O7S. The summed E-state index contributed by atoms with van der Waals surface area (Å²) < 4.78 is 47.4. The molecular weight excluding hydrogens is 622 g/mol. The molecule has 2 unspecified atom stereocenters. The molecule has 5 heterocycles. The third-order valence-electron chi connectivity index (χ3n) is 8.79. The average molecular weight is 658 g/mol. The van der Waals surface area contributed by atoms with Crippen molar-refractivity contribution in [1.29, 1.82) is 0 Å². The number of hydrogen-bond donors (Lipinski definition) is 0. The molecule has 244 valence electrons. The number of rotatable bonds is 8. The van der Waals surface area contributed by atoms with Gasteiger partial charge in [-0.1, -0.05) is 24.6 Å². The zero-order valence-corrected chi connectivity index (χ0v) is 27.4. The van der Waals surface area contributed by atoms with Crippen molar-refractivity contribution < 1.29 is 32.2 Å². The van der Waals surface area contributed by atoms with Crippen LogP contribution in [-0.2, 0) is 29.1 Å². The highest BCUT2D eigenvalue weighted by Crippen LogP contribution is 2.38. The van der Waals surface area contributed by atoms with Gasteiger partial charge < -0.3 is 19.1 Å². The van der Waals surface area contributed by atoms with Gasteiger partial charge in [0, 0.05) is 37.4 Å². The Kier molecular flexibility index (Phi) is 7.55. The first-order valence-electron chi connectivity index (χ1n) is 15.4. The van der Waals surface area contributed by atoms with Crippen LogP contribution in [0, 0.1) is 12.3 Å². The molecule has 1 amide bonds. The summed E-state index contributed by atoms with van der Waals surface area (Å²) in [5, 5.41) is 0. The molecule has 13 heteroatoms. The minimum Gasteiger partial charge on any atom is -0.493 e. The van der Waals surface area contributed by atoms with Crippen LogP contribution in [0.25, 0.3) is 27.9 Å². The Balaban J connectivity index is 1.36. The van der Waals surface area contributed by atoms with E-state index in [1.54, 1.807) is 41.4 Å². The number of esters is 1. The average Bonchev–Trinajstić information content (AvgIpc) is 3.74. The van der Waals surface area contributed by atoms with E-state index in [4.69, 9.17) is 19.2 Å². The fourth-order valence-electron chi connectivity index (χ4n) is 6.30. The van der Waals surface area contributed by atoms with Gasteiger partial charge in [0.1, 0.15) is 17.7 Å². The number of carbonyl (C=O) groups excluding carboxylic acids is 2. The van der Waals surface area contributed by atoms with Gasteiger partial charge in [-0.05, 0) is 49.4 Å². The zero-order chi connectivity index (χ0) is 33.1. The molecule has 2 aliphatic heterocycles. The standard InChI is InChI=1S/C34H35N5O7S/c1-21-5-11-27(12-6-21)47(42,43)38-14-13-28-32(38)35-16-30-31(24-7-9-25(10-8-24)45-20-34(4)18-44-19-34)36-33(39(28)30)29-15-26(46-23(3)41)17-37(29)22(2)40/h5-14,16,26,29H,15,17-20H2,1-4H3. The molecule has 5 aromatic rings. The second kappa shape index (κ2) is 11.5. The van der Waals surface area contributed by atoms with Gasteiger partial charge in [-0.3, -0.25) is 14.0 Å². The molecule has 0 spiro atoms. The largest absolute Gasteiger partial charge is 0.493 e. The van der Waals surface area contributed by atoms with E-state index in [9.17, 15) is 18.0 Å². The zero-order valence-electron chi connectivity index (χ0n) is 26.5. The van der Waals surface area contributed by atoms with Crippen LogP contribution < -0.4 is 4.74 Å². The molecule has 0 saturated carbocycles. The lowest BCUT2D eigenvalue weighted by atomic mass is 9.90. The Morgan fingerprint density at radius 1 is 1.02 bits per heavy atom. The van der Waals surface area contributed by atoms with Crippen molar-refractivity contribution in [1.82, 2.24) is 23.2 Å². The Morgan fingerprint density at radius 2 is 1.74 bits per heavy atom. The first-order chi connectivity index (χ1) is 22.4. The third-order valence-corrected chi connectivity index (χ3v) is 10.5. The number of ether oxygens (including phenoxy) is 3. The number of fused-ring (bicyclic) bond motifs is 3. The first-order valence-corrected chi connectivity index (χ1v) is 16.8. The molecule has 7 rings (SSSR count). The van der Waals surface area contributed by atoms with Crippen LogP contribution in [0.3, 0.4) is 0 Å². The van der Waals surface area contributed by atoms with Crippen molar-refractivity contribution in [2.24, 2.45) is 5.41 Å². The fourth-order valence-corrected chi connectivity index (χ4v) is 7.60. The Hall–Kier alpha value is -4.75. The lowest BCUT2D eigenvalue weighted by Crippen LogP contribution is -2.44. The maximum atomic E-state index is 13.8. The number of aromatic nitrogens is 4. The van der Waals surface area contributed by atoms with Crippen molar-refractivity contribution in [3.8, 4) is 17.0 Å². The molecule has 0 radical (unpaired) electrons. The van der Waals surface area contributed by atoms with Gasteiger partial charge >= 0.3 is 5.97 Å². The van der Waals surface area contributed by atoms with E-state index in [2.05, 4.69) is 11.9 Å². The highest BCUT2D eigenvalue weighted by molar-refractivity contribution is 7.90. The SMILES string of the molecule is CC(=O)OC1CC(c2nc(-c3ccc(OCC4(C)COC4)cc3)c3cnc4c(ccn4S(=O)(=O)c4ccc(C)cc4)n23)N(C(C)=O)C1. The number of aryl methyl sites for hydroxylation is 1. The Labute approximate surface area is 271 Å². The smallest absolute Gasteiger partial charge is 0.302 e. The van der Waals surface area contributed by atoms with Crippen molar-refractivity contribution in [3.63, 3.8) is 0 Å². The first kappa shape index (κ1) is 30.9. The second-order valence-electron chi connectivity index (χ2n) is 12.7. The van der Waals surface area contributed by atoms with E-state index in [-0.39, 0.29) is 28.4 Å². The molecule has 2 atom stereocenters. The molecule has 2 aromatic carbocycles. The highest BCUT2D eigenvalue weighted by atomic mass is 32.2. The molecule has 12 nitrogen and oxygen atoms in total. The molecule has 0 N–H and O–H groups in total. The second-order valence-corrected chi connectivity index (χ2v) is 14.5. The molecule has 0 aliphatic carbocycles. The molecule has 2 fully saturated rings. The van der Waals surface area contributed by atoms with Crippen LogP contribution in [0.5, 0.6) is 5.75 Å². The van der Waals surface area contributed by atoms with Crippen LogP contribution in [0.4, 0.5) is 0 Å². The van der Waals surface area contributed by atoms with Crippen LogP contribution in [-0.4, -0.2) is 76.0 Å². The van der Waals surface area contributed by atoms with E-state index in [1.165, 1.54) is 20.0 Å². The van der Waals surface area contributed by atoms with E-state index in [1.807, 2.05) is 35.6 Å². The quantitative estimate of drug-likeness (QED) is 0.221. The van der Waals surface area contributed by atoms with E-state index in [0.29, 0.717) is 54.5 Å². The van der Waals surface area contributed by atoms with Crippen LogP contribution in [0.2, 0.25) is 0 Å². The van der Waals surface area contributed by atoms with Gasteiger partial charge in [-0.2, -0.15) is 0 Å². The topological polar surface area (TPSA) is 134 Å². The van der Waals surface area contributed by atoms with Gasteiger partial charge in [0.15, 0.2) is 5.65 Å². The summed E-state index contributed by atoms with van der Waals surface area (Å²) in [6.45, 7) is 8.92. The van der Waals surface area contributed by atoms with E-state index >= 15 is 0 Å². The van der Waals surface area contributed by atoms with Crippen molar-refractivity contribution in [2.75, 3.05) is 26.4 Å². The fraction of sp³-hybridized carbons (Fsp3) is 0.353. The van der Waals surface area contributed by atoms with Gasteiger partial charge in [0.25, 0.3) is 10.0 Å². The molecule has 47 heavy (non-hydrogen) atoms. The summed E-state index contributed by atoms with van der Waals surface area (Å²) in [6.07, 6.45) is 2.90. The number of imidazole rings is 1. The number of nitrogens with zero attached hydrogens (tertiary/aromatic N) is 5. The minimum absolute atomic E-state index is 0.00185. The summed E-state index contributed by atoms with van der Waals surface area (Å²) in [5.74, 6) is 0.599. The van der Waals surface area contributed by atoms with Crippen molar-refractivity contribution in [2.45, 2.75) is 51.2 Å². The normalized spacial score (nSPS) is 19.2. The van der Waals surface area contributed by atoms with E-state index in [0.717, 1.165) is 15.1 Å². The molecule has 0 bridgehead atoms. The number of carbonyl (C=O) groups is 2. The summed E-state index contributed by atoms with van der Waals surface area (Å²) in [4.78, 5) is 36.2. The predicted octanol–water partition coefficient (Wildman–Crippen LogP) is 4.54. The number of benzene rings is 2. The maximum absolute atomic E-state index is 13.8. The van der Waals surface area contributed by atoms with Crippen molar-refractivity contribution in [3.05, 3.63) is 78.4 Å². The lowest BCUT2D eigenvalue weighted by molar-refractivity contribution is -0.146. The van der Waals surface area contributed by atoms with Crippen LogP contribution in [0.1, 0.15) is 44.6 Å². The van der Waals surface area contributed by atoms with Crippen molar-refractivity contribution >= 4 is 38.6 Å². The molecule has 2 saturated heterocycles. The Bertz CT molecular complexity index is 2120. The van der Waals surface area contributed by atoms with Gasteiger partial charge in [0.2, 0.25) is 5.91 Å². The van der Waals surface area contributed by atoms with Crippen LogP contribution in [0.15, 0.2) is 71.9 Å². The lowest BCUT2D eigenvalue weighted by Gasteiger charge is -2.37. The summed E-state index contributed by atoms with van der Waals surface area (Å²) in [6, 6.07) is 15.4. The monoisotopic (exact) mass is 657 g/mol. The molecule has 3 aromatic heterocycles. The third kappa shape index (κ3) is 5.52. The summed E-state index contributed by atoms with van der Waals surface area (Å²) in [7, 11) is -3.97. The number of hydrogen-bond acceptors (Lipinski definition) is 9. The molecule has 2 aliphatic rings. The minimum atomic E-state index is -3.97. The van der Waals surface area contributed by atoms with E-state index < -0.39 is 28.1 Å². The van der Waals surface area contributed by atoms with Gasteiger partial charge in [-0.25, -0.2) is 22.4 Å². The summed E-state index contributed by atoms with van der Waals surface area (Å²) in [5.41, 5.74) is 3.68. The number of amides is 1. The highest BCUT2D eigenvalue weighted by Gasteiger charge is 2.40. The van der Waals surface area contributed by atoms with Gasteiger partial charge in [0.05, 0.1) is 60.2 Å².